The first-order chi connectivity index (χ1) is 16.2. The van der Waals surface area contributed by atoms with Gasteiger partial charge in [0, 0.05) is 30.0 Å². The summed E-state index contributed by atoms with van der Waals surface area (Å²) < 4.78 is 25.6. The molecule has 0 aliphatic carbocycles. The number of benzene rings is 3. The van der Waals surface area contributed by atoms with E-state index in [0.29, 0.717) is 19.0 Å². The number of likely N-dealkylation sites (tertiary alicyclic amines) is 1. The molecule has 172 valence electrons. The first-order valence-electron chi connectivity index (χ1n) is 11.8. The molecule has 3 aromatic carbocycles. The van der Waals surface area contributed by atoms with Crippen LogP contribution in [0.1, 0.15) is 47.8 Å². The van der Waals surface area contributed by atoms with Crippen molar-refractivity contribution in [1.82, 2.24) is 4.90 Å². The molecule has 5 heteroatoms. The van der Waals surface area contributed by atoms with Crippen LogP contribution in [-0.4, -0.2) is 42.9 Å². The number of piperidine rings is 1. The van der Waals surface area contributed by atoms with Gasteiger partial charge in [-0.3, -0.25) is 4.90 Å². The Morgan fingerprint density at radius 3 is 2.39 bits per heavy atom. The molecule has 1 N–H and O–H groups in total. The lowest BCUT2D eigenvalue weighted by atomic mass is 9.76. The van der Waals surface area contributed by atoms with Crippen LogP contribution in [0.3, 0.4) is 0 Å². The molecule has 3 aromatic rings. The first-order valence-corrected chi connectivity index (χ1v) is 11.8. The highest BCUT2D eigenvalue weighted by molar-refractivity contribution is 5.50. The molecule has 1 fully saturated rings. The van der Waals surface area contributed by atoms with Crippen molar-refractivity contribution in [1.29, 1.82) is 0 Å². The molecule has 2 aliphatic heterocycles. The minimum atomic E-state index is -0.247. The van der Waals surface area contributed by atoms with Crippen LogP contribution >= 0.6 is 0 Å². The Labute approximate surface area is 194 Å². The lowest BCUT2D eigenvalue weighted by molar-refractivity contribution is 0.183. The molecule has 0 bridgehead atoms. The fraction of sp³-hybridized carbons (Fsp3) is 0.357. The van der Waals surface area contributed by atoms with Gasteiger partial charge in [-0.15, -0.1) is 0 Å². The first kappa shape index (κ1) is 21.8. The Morgan fingerprint density at radius 2 is 1.64 bits per heavy atom. The van der Waals surface area contributed by atoms with Gasteiger partial charge in [0.1, 0.15) is 29.7 Å². The second-order valence-electron chi connectivity index (χ2n) is 8.99. The van der Waals surface area contributed by atoms with E-state index in [2.05, 4.69) is 17.0 Å². The number of nitrogens with zero attached hydrogens (tertiary/aromatic N) is 1. The standard InChI is InChI=1S/C28H30FNO3/c29-22-8-4-20(5-9-22)26-19-33-27-18-23(31)10-13-25(27)28(26)21-6-11-24(12-7-21)32-17-16-30-14-2-1-3-15-30/h4-13,18,26,28,31H,1-3,14-17,19H2/t26-,28+/m0/s1. The highest BCUT2D eigenvalue weighted by Gasteiger charge is 2.33. The molecular formula is C28H30FNO3. The predicted molar refractivity (Wildman–Crippen MR) is 127 cm³/mol. The van der Waals surface area contributed by atoms with Gasteiger partial charge >= 0.3 is 0 Å². The molecule has 0 unspecified atom stereocenters. The summed E-state index contributed by atoms with van der Waals surface area (Å²) in [5.74, 6) is 1.57. The molecule has 1 saturated heterocycles. The number of phenols is 1. The van der Waals surface area contributed by atoms with E-state index in [1.807, 2.05) is 30.3 Å². The summed E-state index contributed by atoms with van der Waals surface area (Å²) in [6.45, 7) is 4.46. The number of hydrogen-bond donors (Lipinski definition) is 1. The normalized spacial score (nSPS) is 20.6. The average molecular weight is 448 g/mol. The second kappa shape index (κ2) is 9.84. The van der Waals surface area contributed by atoms with Crippen molar-refractivity contribution in [2.24, 2.45) is 0 Å². The summed E-state index contributed by atoms with van der Waals surface area (Å²) in [7, 11) is 0. The summed E-state index contributed by atoms with van der Waals surface area (Å²) in [4.78, 5) is 2.47. The van der Waals surface area contributed by atoms with Crippen LogP contribution in [0.25, 0.3) is 0 Å². The summed E-state index contributed by atoms with van der Waals surface area (Å²) in [5.41, 5.74) is 3.19. The molecule has 0 radical (unpaired) electrons. The van der Waals surface area contributed by atoms with Crippen molar-refractivity contribution in [3.8, 4) is 17.2 Å². The van der Waals surface area contributed by atoms with Crippen LogP contribution in [0, 0.1) is 5.82 Å². The molecule has 0 amide bonds. The number of hydrogen-bond acceptors (Lipinski definition) is 4. The highest BCUT2D eigenvalue weighted by Crippen LogP contribution is 2.47. The Bertz CT molecular complexity index is 1060. The van der Waals surface area contributed by atoms with Gasteiger partial charge in [-0.25, -0.2) is 4.39 Å². The van der Waals surface area contributed by atoms with E-state index < -0.39 is 0 Å². The van der Waals surface area contributed by atoms with Gasteiger partial charge in [0.2, 0.25) is 0 Å². The topological polar surface area (TPSA) is 41.9 Å². The molecular weight excluding hydrogens is 417 g/mol. The van der Waals surface area contributed by atoms with Crippen LogP contribution < -0.4 is 9.47 Å². The number of ether oxygens (including phenoxy) is 2. The van der Waals surface area contributed by atoms with Crippen molar-refractivity contribution in [2.45, 2.75) is 31.1 Å². The largest absolute Gasteiger partial charge is 0.508 e. The SMILES string of the molecule is Oc1ccc2c(c1)OC[C@@H](c1ccc(F)cc1)[C@@H]2c1ccc(OCCN2CCCCC2)cc1. The van der Waals surface area contributed by atoms with Gasteiger partial charge in [-0.2, -0.15) is 0 Å². The Morgan fingerprint density at radius 1 is 0.909 bits per heavy atom. The number of aromatic hydroxyl groups is 1. The van der Waals surface area contributed by atoms with E-state index in [4.69, 9.17) is 9.47 Å². The maximum atomic E-state index is 13.5. The van der Waals surface area contributed by atoms with Gasteiger partial charge in [-0.1, -0.05) is 36.8 Å². The Kier molecular flexibility index (Phi) is 6.49. The van der Waals surface area contributed by atoms with Gasteiger partial charge in [-0.05, 0) is 67.4 Å². The number of phenolic OH excluding ortho intramolecular Hbond substituents is 1. The second-order valence-corrected chi connectivity index (χ2v) is 8.99. The maximum Gasteiger partial charge on any atom is 0.126 e. The lowest BCUT2D eigenvalue weighted by Crippen LogP contribution is -2.33. The number of halogens is 1. The minimum absolute atomic E-state index is 0.0298. The summed E-state index contributed by atoms with van der Waals surface area (Å²) >= 11 is 0. The summed E-state index contributed by atoms with van der Waals surface area (Å²) in [6, 6.07) is 20.2. The van der Waals surface area contributed by atoms with Crippen molar-refractivity contribution in [2.75, 3.05) is 32.8 Å². The van der Waals surface area contributed by atoms with Crippen LogP contribution in [0.15, 0.2) is 66.7 Å². The molecule has 2 aliphatic rings. The predicted octanol–water partition coefficient (Wildman–Crippen LogP) is 5.70. The van der Waals surface area contributed by atoms with E-state index in [0.717, 1.165) is 29.0 Å². The zero-order valence-electron chi connectivity index (χ0n) is 18.8. The summed E-state index contributed by atoms with van der Waals surface area (Å²) in [6.07, 6.45) is 3.91. The molecule has 0 saturated carbocycles. The van der Waals surface area contributed by atoms with Crippen molar-refractivity contribution in [3.05, 3.63) is 89.2 Å². The summed E-state index contributed by atoms with van der Waals surface area (Å²) in [5, 5.41) is 9.93. The molecule has 0 spiro atoms. The third kappa shape index (κ3) is 4.98. The molecule has 2 atom stereocenters. The monoisotopic (exact) mass is 447 g/mol. The fourth-order valence-corrected chi connectivity index (χ4v) is 5.06. The molecule has 0 aromatic heterocycles. The van der Waals surface area contributed by atoms with Crippen LogP contribution in [0.2, 0.25) is 0 Å². The Hall–Kier alpha value is -3.05. The molecule has 5 rings (SSSR count). The highest BCUT2D eigenvalue weighted by atomic mass is 19.1. The molecule has 4 nitrogen and oxygen atoms in total. The van der Waals surface area contributed by atoms with Gasteiger partial charge in [0.25, 0.3) is 0 Å². The number of fused-ring (bicyclic) bond motifs is 1. The quantitative estimate of drug-likeness (QED) is 0.526. The maximum absolute atomic E-state index is 13.5. The van der Waals surface area contributed by atoms with Gasteiger partial charge in [0.15, 0.2) is 0 Å². The average Bonchev–Trinajstić information content (AvgIpc) is 2.85. The molecule has 2 heterocycles. The minimum Gasteiger partial charge on any atom is -0.508 e. The van der Waals surface area contributed by atoms with E-state index in [1.165, 1.54) is 44.5 Å². The number of rotatable bonds is 6. The third-order valence-corrected chi connectivity index (χ3v) is 6.82. The van der Waals surface area contributed by atoms with Crippen LogP contribution in [0.4, 0.5) is 4.39 Å². The van der Waals surface area contributed by atoms with Crippen molar-refractivity contribution >= 4 is 0 Å². The van der Waals surface area contributed by atoms with E-state index in [1.54, 1.807) is 12.1 Å². The van der Waals surface area contributed by atoms with E-state index in [-0.39, 0.29) is 23.4 Å². The van der Waals surface area contributed by atoms with Crippen LogP contribution in [-0.2, 0) is 0 Å². The fourth-order valence-electron chi connectivity index (χ4n) is 5.06. The smallest absolute Gasteiger partial charge is 0.126 e. The van der Waals surface area contributed by atoms with Crippen LogP contribution in [0.5, 0.6) is 17.2 Å². The van der Waals surface area contributed by atoms with Gasteiger partial charge < -0.3 is 14.6 Å². The van der Waals surface area contributed by atoms with Gasteiger partial charge in [0.05, 0.1) is 6.61 Å². The van der Waals surface area contributed by atoms with Crippen molar-refractivity contribution < 1.29 is 19.0 Å². The van der Waals surface area contributed by atoms with E-state index >= 15 is 0 Å². The van der Waals surface area contributed by atoms with Crippen molar-refractivity contribution in [3.63, 3.8) is 0 Å². The zero-order valence-corrected chi connectivity index (χ0v) is 18.8. The molecule has 33 heavy (non-hydrogen) atoms. The lowest BCUT2D eigenvalue weighted by Gasteiger charge is -2.34. The zero-order chi connectivity index (χ0) is 22.6. The Balaban J connectivity index is 1.36. The van der Waals surface area contributed by atoms with E-state index in [9.17, 15) is 9.50 Å². The third-order valence-electron chi connectivity index (χ3n) is 6.82.